The number of benzene rings is 1. The standard InChI is InChI=1S/C20H26N2O2S/c1-3-21-20-22(16-8-6-4-5-7-9-16)19(23)18(25-20)14-15-10-12-17(24-2)13-11-15/h10-14,16H,3-9H2,1-2H3. The minimum atomic E-state index is 0.111. The van der Waals surface area contributed by atoms with Crippen LogP contribution in [-0.4, -0.2) is 35.7 Å². The Morgan fingerprint density at radius 2 is 1.88 bits per heavy atom. The Morgan fingerprint density at radius 3 is 2.48 bits per heavy atom. The summed E-state index contributed by atoms with van der Waals surface area (Å²) >= 11 is 1.51. The second kappa shape index (κ2) is 8.56. The van der Waals surface area contributed by atoms with Gasteiger partial charge in [-0.1, -0.05) is 37.8 Å². The molecule has 2 fully saturated rings. The van der Waals surface area contributed by atoms with Crippen LogP contribution in [-0.2, 0) is 4.79 Å². The summed E-state index contributed by atoms with van der Waals surface area (Å²) in [4.78, 5) is 20.4. The number of methoxy groups -OCH3 is 1. The maximum atomic E-state index is 13.1. The number of aliphatic imine (C=N–C) groups is 1. The Labute approximate surface area is 154 Å². The fourth-order valence-electron chi connectivity index (χ4n) is 3.42. The molecule has 1 aliphatic carbocycles. The summed E-state index contributed by atoms with van der Waals surface area (Å²) in [5.41, 5.74) is 1.01. The van der Waals surface area contributed by atoms with E-state index in [4.69, 9.17) is 4.74 Å². The lowest BCUT2D eigenvalue weighted by atomic mass is 10.1. The van der Waals surface area contributed by atoms with Crippen molar-refractivity contribution in [1.29, 1.82) is 0 Å². The quantitative estimate of drug-likeness (QED) is 0.578. The first-order valence-corrected chi connectivity index (χ1v) is 9.96. The summed E-state index contributed by atoms with van der Waals surface area (Å²) in [7, 11) is 1.65. The molecule has 0 bridgehead atoms. The number of thioether (sulfide) groups is 1. The molecule has 1 saturated carbocycles. The third-order valence-electron chi connectivity index (χ3n) is 4.73. The van der Waals surface area contributed by atoms with Gasteiger partial charge >= 0.3 is 0 Å². The van der Waals surface area contributed by atoms with Crippen molar-refractivity contribution in [3.63, 3.8) is 0 Å². The van der Waals surface area contributed by atoms with Crippen LogP contribution in [0.15, 0.2) is 34.2 Å². The molecule has 134 valence electrons. The lowest BCUT2D eigenvalue weighted by molar-refractivity contribution is -0.123. The predicted molar refractivity (Wildman–Crippen MR) is 105 cm³/mol. The van der Waals surface area contributed by atoms with Gasteiger partial charge in [0.15, 0.2) is 5.17 Å². The fourth-order valence-corrected chi connectivity index (χ4v) is 4.52. The van der Waals surface area contributed by atoms with E-state index in [2.05, 4.69) is 4.99 Å². The molecule has 25 heavy (non-hydrogen) atoms. The molecule has 1 heterocycles. The fraction of sp³-hybridized carbons (Fsp3) is 0.500. The van der Waals surface area contributed by atoms with Crippen LogP contribution in [0.5, 0.6) is 5.75 Å². The van der Waals surface area contributed by atoms with Crippen molar-refractivity contribution >= 4 is 28.9 Å². The normalized spacial score (nSPS) is 22.6. The number of ether oxygens (including phenoxy) is 1. The number of hydrogen-bond acceptors (Lipinski definition) is 4. The average Bonchev–Trinajstić information content (AvgIpc) is 2.82. The molecule has 4 nitrogen and oxygen atoms in total. The molecule has 2 aliphatic rings. The highest BCUT2D eigenvalue weighted by Crippen LogP contribution is 2.37. The Morgan fingerprint density at radius 1 is 1.20 bits per heavy atom. The second-order valence-corrected chi connectivity index (χ2v) is 7.47. The number of rotatable bonds is 4. The number of carbonyl (C=O) groups is 1. The van der Waals surface area contributed by atoms with E-state index in [1.54, 1.807) is 7.11 Å². The highest BCUT2D eigenvalue weighted by molar-refractivity contribution is 8.18. The van der Waals surface area contributed by atoms with Gasteiger partial charge in [-0.2, -0.15) is 0 Å². The van der Waals surface area contributed by atoms with E-state index < -0.39 is 0 Å². The summed E-state index contributed by atoms with van der Waals surface area (Å²) in [5.74, 6) is 0.931. The number of amidine groups is 1. The number of nitrogens with zero attached hydrogens (tertiary/aromatic N) is 2. The van der Waals surface area contributed by atoms with Crippen LogP contribution in [0.4, 0.5) is 0 Å². The average molecular weight is 359 g/mol. The molecular formula is C20H26N2O2S. The topological polar surface area (TPSA) is 41.9 Å². The Bertz CT molecular complexity index is 659. The van der Waals surface area contributed by atoms with E-state index in [0.717, 1.165) is 34.2 Å². The first-order valence-electron chi connectivity index (χ1n) is 9.14. The van der Waals surface area contributed by atoms with Crippen molar-refractivity contribution < 1.29 is 9.53 Å². The predicted octanol–water partition coefficient (Wildman–Crippen LogP) is 4.71. The molecule has 1 aliphatic heterocycles. The van der Waals surface area contributed by atoms with Crippen molar-refractivity contribution in [1.82, 2.24) is 4.90 Å². The van der Waals surface area contributed by atoms with Crippen LogP contribution in [0.2, 0.25) is 0 Å². The molecule has 1 aromatic carbocycles. The molecule has 0 aromatic heterocycles. The molecular weight excluding hydrogens is 332 g/mol. The van der Waals surface area contributed by atoms with Gasteiger partial charge in [-0.3, -0.25) is 14.7 Å². The van der Waals surface area contributed by atoms with Gasteiger partial charge in [0.2, 0.25) is 0 Å². The van der Waals surface area contributed by atoms with E-state index in [1.807, 2.05) is 42.2 Å². The third-order valence-corrected chi connectivity index (χ3v) is 5.75. The van der Waals surface area contributed by atoms with Gasteiger partial charge in [0.1, 0.15) is 5.75 Å². The van der Waals surface area contributed by atoms with Crippen molar-refractivity contribution in [2.45, 2.75) is 51.5 Å². The monoisotopic (exact) mass is 358 g/mol. The number of carbonyl (C=O) groups excluding carboxylic acids is 1. The van der Waals surface area contributed by atoms with Crippen molar-refractivity contribution in [3.8, 4) is 5.75 Å². The number of amides is 1. The molecule has 0 radical (unpaired) electrons. The summed E-state index contributed by atoms with van der Waals surface area (Å²) in [6, 6.07) is 8.09. The van der Waals surface area contributed by atoms with E-state index in [9.17, 15) is 4.79 Å². The lowest BCUT2D eigenvalue weighted by Crippen LogP contribution is -2.39. The van der Waals surface area contributed by atoms with E-state index in [0.29, 0.717) is 12.6 Å². The number of hydrogen-bond donors (Lipinski definition) is 0. The van der Waals surface area contributed by atoms with Crippen LogP contribution >= 0.6 is 11.8 Å². The largest absolute Gasteiger partial charge is 0.497 e. The third kappa shape index (κ3) is 4.27. The van der Waals surface area contributed by atoms with Gasteiger partial charge in [-0.05, 0) is 55.3 Å². The van der Waals surface area contributed by atoms with Crippen molar-refractivity contribution in [2.24, 2.45) is 4.99 Å². The maximum Gasteiger partial charge on any atom is 0.266 e. The van der Waals surface area contributed by atoms with E-state index in [1.165, 1.54) is 37.4 Å². The highest BCUT2D eigenvalue weighted by atomic mass is 32.2. The zero-order chi connectivity index (χ0) is 17.6. The molecule has 5 heteroatoms. The first-order chi connectivity index (χ1) is 12.2. The Hall–Kier alpha value is -1.75. The minimum absolute atomic E-state index is 0.111. The van der Waals surface area contributed by atoms with Gasteiger partial charge in [-0.15, -0.1) is 0 Å². The van der Waals surface area contributed by atoms with Crippen molar-refractivity contribution in [2.75, 3.05) is 13.7 Å². The van der Waals surface area contributed by atoms with Gasteiger partial charge in [0, 0.05) is 12.6 Å². The SMILES string of the molecule is CCN=C1SC(=Cc2ccc(OC)cc2)C(=O)N1C1CCCCCC1. The second-order valence-electron chi connectivity index (χ2n) is 6.46. The summed E-state index contributed by atoms with van der Waals surface area (Å²) < 4.78 is 5.20. The van der Waals surface area contributed by atoms with Crippen LogP contribution in [0.25, 0.3) is 6.08 Å². The Balaban J connectivity index is 1.85. The maximum absolute atomic E-state index is 13.1. The zero-order valence-electron chi connectivity index (χ0n) is 15.0. The molecule has 0 N–H and O–H groups in total. The Kier molecular flexibility index (Phi) is 6.19. The van der Waals surface area contributed by atoms with Crippen LogP contribution < -0.4 is 4.74 Å². The lowest BCUT2D eigenvalue weighted by Gasteiger charge is -2.26. The summed E-state index contributed by atoms with van der Waals surface area (Å²) in [5, 5.41) is 0.874. The smallest absolute Gasteiger partial charge is 0.266 e. The summed E-state index contributed by atoms with van der Waals surface area (Å²) in [6.07, 6.45) is 9.11. The molecule has 0 spiro atoms. The zero-order valence-corrected chi connectivity index (χ0v) is 15.8. The summed E-state index contributed by atoms with van der Waals surface area (Å²) in [6.45, 7) is 2.73. The van der Waals surface area contributed by atoms with Crippen LogP contribution in [0.1, 0.15) is 51.0 Å². The van der Waals surface area contributed by atoms with Crippen LogP contribution in [0.3, 0.4) is 0 Å². The van der Waals surface area contributed by atoms with Gasteiger partial charge in [0.05, 0.1) is 12.0 Å². The molecule has 1 saturated heterocycles. The first kappa shape index (κ1) is 18.1. The van der Waals surface area contributed by atoms with Crippen molar-refractivity contribution in [3.05, 3.63) is 34.7 Å². The molecule has 3 rings (SSSR count). The van der Waals surface area contributed by atoms with Crippen LogP contribution in [0, 0.1) is 0 Å². The highest BCUT2D eigenvalue weighted by Gasteiger charge is 2.37. The van der Waals surface area contributed by atoms with Gasteiger partial charge in [0.25, 0.3) is 5.91 Å². The molecule has 0 unspecified atom stereocenters. The van der Waals surface area contributed by atoms with E-state index in [-0.39, 0.29) is 5.91 Å². The molecule has 1 aromatic rings. The molecule has 0 atom stereocenters. The van der Waals surface area contributed by atoms with Gasteiger partial charge < -0.3 is 4.74 Å². The van der Waals surface area contributed by atoms with Gasteiger partial charge in [-0.25, -0.2) is 0 Å². The minimum Gasteiger partial charge on any atom is -0.497 e. The molecule has 1 amide bonds. The van der Waals surface area contributed by atoms with E-state index >= 15 is 0 Å².